The lowest BCUT2D eigenvalue weighted by atomic mass is 9.90. The van der Waals surface area contributed by atoms with E-state index >= 15 is 0 Å². The Kier molecular flexibility index (Phi) is 3.34. The van der Waals surface area contributed by atoms with Gasteiger partial charge in [-0.05, 0) is 62.6 Å². The van der Waals surface area contributed by atoms with Gasteiger partial charge in [-0.1, -0.05) is 24.1 Å². The highest BCUT2D eigenvalue weighted by atomic mass is 16.3. The fourth-order valence-corrected chi connectivity index (χ4v) is 3.05. The molecule has 1 aliphatic carbocycles. The lowest BCUT2D eigenvalue weighted by molar-refractivity contribution is 0.132. The van der Waals surface area contributed by atoms with Crippen LogP contribution in [0.5, 0.6) is 0 Å². The van der Waals surface area contributed by atoms with Gasteiger partial charge in [-0.3, -0.25) is 0 Å². The zero-order chi connectivity index (χ0) is 11.7. The molecule has 0 amide bonds. The molecule has 0 aromatic heterocycles. The van der Waals surface area contributed by atoms with E-state index in [4.69, 9.17) is 0 Å². The largest absolute Gasteiger partial charge is 0.393 e. The highest BCUT2D eigenvalue weighted by Crippen LogP contribution is 2.30. The molecule has 1 fully saturated rings. The van der Waals surface area contributed by atoms with Gasteiger partial charge in [-0.15, -0.1) is 0 Å². The van der Waals surface area contributed by atoms with E-state index in [1.165, 1.54) is 35.1 Å². The zero-order valence-corrected chi connectivity index (χ0v) is 10.6. The van der Waals surface area contributed by atoms with Crippen molar-refractivity contribution < 1.29 is 5.11 Å². The second-order valence-electron chi connectivity index (χ2n) is 5.34. The van der Waals surface area contributed by atoms with Crippen LogP contribution in [0.2, 0.25) is 0 Å². The second kappa shape index (κ2) is 4.58. The van der Waals surface area contributed by atoms with Gasteiger partial charge in [-0.25, -0.2) is 0 Å². The van der Waals surface area contributed by atoms with Crippen LogP contribution in [0.25, 0.3) is 0 Å². The van der Waals surface area contributed by atoms with E-state index in [1.54, 1.807) is 0 Å². The van der Waals surface area contributed by atoms with Crippen molar-refractivity contribution in [1.29, 1.82) is 0 Å². The molecular formula is C15H22O. The summed E-state index contributed by atoms with van der Waals surface area (Å²) in [5.74, 6) is 0.486. The molecule has 88 valence electrons. The van der Waals surface area contributed by atoms with E-state index in [-0.39, 0.29) is 6.10 Å². The van der Waals surface area contributed by atoms with Gasteiger partial charge in [0.1, 0.15) is 0 Å². The third-order valence-corrected chi connectivity index (χ3v) is 3.93. The number of rotatable bonds is 2. The Morgan fingerprint density at radius 2 is 1.75 bits per heavy atom. The van der Waals surface area contributed by atoms with Crippen LogP contribution in [-0.4, -0.2) is 11.2 Å². The smallest absolute Gasteiger partial charge is 0.0571 e. The first kappa shape index (κ1) is 11.7. The number of aliphatic hydroxyl groups is 1. The molecule has 0 saturated heterocycles. The molecule has 0 bridgehead atoms. The van der Waals surface area contributed by atoms with Crippen molar-refractivity contribution in [3.63, 3.8) is 0 Å². The van der Waals surface area contributed by atoms with Crippen molar-refractivity contribution in [2.75, 3.05) is 0 Å². The van der Waals surface area contributed by atoms with E-state index in [0.29, 0.717) is 5.92 Å². The van der Waals surface area contributed by atoms with Crippen LogP contribution in [0, 0.1) is 26.7 Å². The topological polar surface area (TPSA) is 20.2 Å². The molecule has 2 rings (SSSR count). The molecule has 1 N–H and O–H groups in total. The molecule has 0 heterocycles. The first-order chi connectivity index (χ1) is 7.58. The molecule has 1 aliphatic rings. The molecule has 1 nitrogen and oxygen atoms in total. The summed E-state index contributed by atoms with van der Waals surface area (Å²) in [5, 5.41) is 9.89. The third-order valence-electron chi connectivity index (χ3n) is 3.93. The molecule has 0 aliphatic heterocycles. The minimum Gasteiger partial charge on any atom is -0.393 e. The minimum absolute atomic E-state index is 0.0693. The normalized spacial score (nSPS) is 25.0. The van der Waals surface area contributed by atoms with Crippen molar-refractivity contribution in [1.82, 2.24) is 0 Å². The predicted octanol–water partition coefficient (Wildman–Crippen LogP) is 3.32. The molecule has 2 unspecified atom stereocenters. The summed E-state index contributed by atoms with van der Waals surface area (Å²) in [7, 11) is 0. The summed E-state index contributed by atoms with van der Waals surface area (Å²) in [6.07, 6.45) is 4.36. The Morgan fingerprint density at radius 3 is 2.25 bits per heavy atom. The van der Waals surface area contributed by atoms with Gasteiger partial charge in [0, 0.05) is 0 Å². The molecule has 1 aromatic carbocycles. The fourth-order valence-electron chi connectivity index (χ4n) is 3.05. The van der Waals surface area contributed by atoms with Crippen LogP contribution < -0.4 is 0 Å². The minimum atomic E-state index is -0.0693. The Labute approximate surface area is 98.5 Å². The van der Waals surface area contributed by atoms with Crippen molar-refractivity contribution >= 4 is 0 Å². The van der Waals surface area contributed by atoms with Crippen LogP contribution in [0.1, 0.15) is 41.5 Å². The van der Waals surface area contributed by atoms with Gasteiger partial charge < -0.3 is 5.11 Å². The highest BCUT2D eigenvalue weighted by Gasteiger charge is 2.26. The van der Waals surface area contributed by atoms with E-state index in [2.05, 4.69) is 32.9 Å². The monoisotopic (exact) mass is 218 g/mol. The maximum atomic E-state index is 9.89. The average molecular weight is 218 g/mol. The zero-order valence-electron chi connectivity index (χ0n) is 10.6. The molecule has 2 atom stereocenters. The highest BCUT2D eigenvalue weighted by molar-refractivity contribution is 5.37. The molecule has 16 heavy (non-hydrogen) atoms. The maximum Gasteiger partial charge on any atom is 0.0571 e. The maximum absolute atomic E-state index is 9.89. The van der Waals surface area contributed by atoms with Crippen molar-refractivity contribution in [3.05, 3.63) is 34.4 Å². The molecule has 0 radical (unpaired) electrons. The second-order valence-corrected chi connectivity index (χ2v) is 5.34. The van der Waals surface area contributed by atoms with Gasteiger partial charge >= 0.3 is 0 Å². The standard InChI is InChI=1S/C15H22O/c1-10-7-11(2)14(12(3)8-10)9-13-5-4-6-15(13)16/h7-8,13,15-16H,4-6,9H2,1-3H3. The van der Waals surface area contributed by atoms with E-state index < -0.39 is 0 Å². The van der Waals surface area contributed by atoms with Gasteiger partial charge in [0.15, 0.2) is 0 Å². The first-order valence-corrected chi connectivity index (χ1v) is 6.32. The lowest BCUT2D eigenvalue weighted by Crippen LogP contribution is -2.16. The third kappa shape index (κ3) is 2.30. The number of hydrogen-bond donors (Lipinski definition) is 1. The summed E-state index contributed by atoms with van der Waals surface area (Å²) in [6, 6.07) is 4.51. The summed E-state index contributed by atoms with van der Waals surface area (Å²) >= 11 is 0. The number of aliphatic hydroxyl groups excluding tert-OH is 1. The number of aryl methyl sites for hydroxylation is 3. The van der Waals surface area contributed by atoms with E-state index in [0.717, 1.165) is 12.8 Å². The van der Waals surface area contributed by atoms with E-state index in [1.807, 2.05) is 0 Å². The van der Waals surface area contributed by atoms with Crippen molar-refractivity contribution in [2.45, 2.75) is 52.6 Å². The fraction of sp³-hybridized carbons (Fsp3) is 0.600. The lowest BCUT2D eigenvalue weighted by Gasteiger charge is -2.18. The summed E-state index contributed by atoms with van der Waals surface area (Å²) in [5.41, 5.74) is 5.57. The van der Waals surface area contributed by atoms with Crippen LogP contribution in [0.3, 0.4) is 0 Å². The molecule has 1 aromatic rings. The summed E-state index contributed by atoms with van der Waals surface area (Å²) in [4.78, 5) is 0. The van der Waals surface area contributed by atoms with Gasteiger partial charge in [-0.2, -0.15) is 0 Å². The number of hydrogen-bond acceptors (Lipinski definition) is 1. The quantitative estimate of drug-likeness (QED) is 0.807. The molecule has 1 heteroatoms. The Hall–Kier alpha value is -0.820. The van der Waals surface area contributed by atoms with Crippen LogP contribution >= 0.6 is 0 Å². The van der Waals surface area contributed by atoms with Crippen LogP contribution in [0.4, 0.5) is 0 Å². The number of benzene rings is 1. The Morgan fingerprint density at radius 1 is 1.12 bits per heavy atom. The molecular weight excluding hydrogens is 196 g/mol. The predicted molar refractivity (Wildman–Crippen MR) is 67.7 cm³/mol. The van der Waals surface area contributed by atoms with Gasteiger partial charge in [0.25, 0.3) is 0 Å². The van der Waals surface area contributed by atoms with Crippen LogP contribution in [0.15, 0.2) is 12.1 Å². The van der Waals surface area contributed by atoms with Gasteiger partial charge in [0.2, 0.25) is 0 Å². The van der Waals surface area contributed by atoms with Crippen molar-refractivity contribution in [2.24, 2.45) is 5.92 Å². The van der Waals surface area contributed by atoms with E-state index in [9.17, 15) is 5.11 Å². The SMILES string of the molecule is Cc1cc(C)c(CC2CCCC2O)c(C)c1. The average Bonchev–Trinajstić information content (AvgIpc) is 2.57. The summed E-state index contributed by atoms with van der Waals surface area (Å²) < 4.78 is 0. The van der Waals surface area contributed by atoms with Crippen LogP contribution in [-0.2, 0) is 6.42 Å². The van der Waals surface area contributed by atoms with Gasteiger partial charge in [0.05, 0.1) is 6.10 Å². The Bertz CT molecular complexity index is 358. The Balaban J connectivity index is 2.21. The first-order valence-electron chi connectivity index (χ1n) is 6.32. The molecule has 1 saturated carbocycles. The summed E-state index contributed by atoms with van der Waals surface area (Å²) in [6.45, 7) is 6.53. The van der Waals surface area contributed by atoms with Crippen molar-refractivity contribution in [3.8, 4) is 0 Å². The molecule has 0 spiro atoms.